The van der Waals surface area contributed by atoms with E-state index in [9.17, 15) is 14.7 Å². The summed E-state index contributed by atoms with van der Waals surface area (Å²) in [6, 6.07) is 2.96. The van der Waals surface area contributed by atoms with Crippen molar-refractivity contribution in [3.63, 3.8) is 0 Å². The third-order valence-corrected chi connectivity index (χ3v) is 7.00. The molecule has 12 nitrogen and oxygen atoms in total. The minimum Gasteiger partial charge on any atom is -0.492 e. The van der Waals surface area contributed by atoms with Gasteiger partial charge in [-0.3, -0.25) is 9.59 Å². The molecule has 1 aliphatic carbocycles. The van der Waals surface area contributed by atoms with Crippen molar-refractivity contribution in [1.82, 2.24) is 25.2 Å². The molecule has 0 unspecified atom stereocenters. The number of aromatic nitrogens is 3. The van der Waals surface area contributed by atoms with Gasteiger partial charge < -0.3 is 39.6 Å². The number of aliphatic hydroxyl groups is 2. The summed E-state index contributed by atoms with van der Waals surface area (Å²) < 4.78 is 17.5. The molecule has 0 radical (unpaired) electrons. The highest BCUT2D eigenvalue weighted by Gasteiger charge is 2.36. The van der Waals surface area contributed by atoms with Gasteiger partial charge in [0.05, 0.1) is 35.4 Å². The average Bonchev–Trinajstić information content (AvgIpc) is 3.30. The summed E-state index contributed by atoms with van der Waals surface area (Å²) >= 11 is 0. The number of amides is 2. The fourth-order valence-corrected chi connectivity index (χ4v) is 4.85. The number of aliphatic hydroxyl groups excluding tert-OH is 2. The quantitative estimate of drug-likeness (QED) is 0.360. The maximum absolute atomic E-state index is 13.3. The van der Waals surface area contributed by atoms with E-state index < -0.39 is 30.6 Å². The number of aryl methyl sites for hydroxylation is 1. The van der Waals surface area contributed by atoms with Gasteiger partial charge in [0.25, 0.3) is 5.91 Å². The van der Waals surface area contributed by atoms with Crippen molar-refractivity contribution in [2.75, 3.05) is 33.1 Å². The molecule has 37 heavy (non-hydrogen) atoms. The third kappa shape index (κ3) is 4.21. The van der Waals surface area contributed by atoms with Crippen LogP contribution in [0, 0.1) is 12.8 Å². The number of hydrogen-bond acceptors (Lipinski definition) is 9. The van der Waals surface area contributed by atoms with Crippen LogP contribution in [0.25, 0.3) is 22.3 Å². The Hall–Kier alpha value is -3.90. The number of β-amino-alcohol motifs (C(OH)–C–C–N with tert-alkyl or cyclic N) is 1. The van der Waals surface area contributed by atoms with Gasteiger partial charge in [-0.05, 0) is 37.8 Å². The summed E-state index contributed by atoms with van der Waals surface area (Å²) in [5.74, 6) is 1.31. The second kappa shape index (κ2) is 9.20. The Labute approximate surface area is 211 Å². The SMILES string of the molecule is Cc1[nH]c2c(-c3c(OCC4CC4)ccc4c3OCO4)ncnc2c1C(=O)N[C@@H]1CN(C(=O)CO)C[C@H]1O. The number of carbonyl (C=O) groups is 2. The van der Waals surface area contributed by atoms with Crippen LogP contribution >= 0.6 is 0 Å². The van der Waals surface area contributed by atoms with Crippen molar-refractivity contribution in [2.24, 2.45) is 5.92 Å². The summed E-state index contributed by atoms with van der Waals surface area (Å²) in [4.78, 5) is 38.6. The van der Waals surface area contributed by atoms with Crippen LogP contribution in [0.1, 0.15) is 28.9 Å². The Bertz CT molecular complexity index is 1390. The Balaban J connectivity index is 1.35. The van der Waals surface area contributed by atoms with Crippen molar-refractivity contribution in [2.45, 2.75) is 31.9 Å². The number of nitrogens with zero attached hydrogens (tertiary/aromatic N) is 3. The van der Waals surface area contributed by atoms with E-state index in [1.165, 1.54) is 11.2 Å². The van der Waals surface area contributed by atoms with Crippen molar-refractivity contribution in [3.05, 3.63) is 29.7 Å². The molecule has 1 saturated heterocycles. The lowest BCUT2D eigenvalue weighted by molar-refractivity contribution is -0.133. The van der Waals surface area contributed by atoms with E-state index in [-0.39, 0.29) is 19.9 Å². The topological polar surface area (TPSA) is 159 Å². The summed E-state index contributed by atoms with van der Waals surface area (Å²) in [6.07, 6.45) is 2.72. The zero-order valence-corrected chi connectivity index (χ0v) is 20.2. The lowest BCUT2D eigenvalue weighted by Crippen LogP contribution is -2.43. The van der Waals surface area contributed by atoms with E-state index in [4.69, 9.17) is 19.3 Å². The monoisotopic (exact) mass is 509 g/mol. The number of carbonyl (C=O) groups excluding carboxylic acids is 2. The van der Waals surface area contributed by atoms with Gasteiger partial charge in [-0.2, -0.15) is 0 Å². The third-order valence-electron chi connectivity index (χ3n) is 7.00. The molecule has 194 valence electrons. The predicted molar refractivity (Wildman–Crippen MR) is 129 cm³/mol. The first-order chi connectivity index (χ1) is 17.9. The van der Waals surface area contributed by atoms with E-state index in [2.05, 4.69) is 20.3 Å². The molecule has 0 bridgehead atoms. The van der Waals surface area contributed by atoms with Crippen LogP contribution in [0.5, 0.6) is 17.2 Å². The second-order valence-electron chi connectivity index (χ2n) is 9.60. The summed E-state index contributed by atoms with van der Waals surface area (Å²) in [6.45, 7) is 1.92. The molecule has 0 spiro atoms. The predicted octanol–water partition coefficient (Wildman–Crippen LogP) is 0.745. The normalized spacial score (nSPS) is 20.5. The van der Waals surface area contributed by atoms with Gasteiger partial charge in [0, 0.05) is 18.8 Å². The number of aromatic amines is 1. The highest BCUT2D eigenvalue weighted by atomic mass is 16.7. The van der Waals surface area contributed by atoms with Gasteiger partial charge >= 0.3 is 0 Å². The summed E-state index contributed by atoms with van der Waals surface area (Å²) in [5, 5.41) is 22.3. The largest absolute Gasteiger partial charge is 0.492 e. The van der Waals surface area contributed by atoms with Crippen LogP contribution in [0.3, 0.4) is 0 Å². The molecule has 12 heteroatoms. The fraction of sp³-hybridized carbons (Fsp3) is 0.440. The van der Waals surface area contributed by atoms with E-state index >= 15 is 0 Å². The minimum absolute atomic E-state index is 0.0361. The smallest absolute Gasteiger partial charge is 0.255 e. The molecule has 2 fully saturated rings. The van der Waals surface area contributed by atoms with Crippen molar-refractivity contribution in [1.29, 1.82) is 0 Å². The molecule has 1 aromatic carbocycles. The number of likely N-dealkylation sites (tertiary alicyclic amines) is 1. The van der Waals surface area contributed by atoms with Gasteiger partial charge in [-0.1, -0.05) is 0 Å². The first-order valence-corrected chi connectivity index (χ1v) is 12.2. The number of rotatable bonds is 7. The number of H-pyrrole nitrogens is 1. The minimum atomic E-state index is -0.953. The molecule has 2 amide bonds. The number of hydrogen-bond donors (Lipinski definition) is 4. The molecule has 2 atom stereocenters. The number of ether oxygens (including phenoxy) is 3. The maximum atomic E-state index is 13.3. The van der Waals surface area contributed by atoms with E-state index in [0.717, 1.165) is 12.8 Å². The highest BCUT2D eigenvalue weighted by Crippen LogP contribution is 2.48. The molecule has 4 heterocycles. The molecule has 1 saturated carbocycles. The summed E-state index contributed by atoms with van der Waals surface area (Å²) in [7, 11) is 0. The van der Waals surface area contributed by atoms with Crippen LogP contribution < -0.4 is 19.5 Å². The van der Waals surface area contributed by atoms with Crippen LogP contribution in [0.15, 0.2) is 18.5 Å². The number of benzene rings is 1. The Morgan fingerprint density at radius 3 is 2.86 bits per heavy atom. The molecule has 3 aliphatic rings. The van der Waals surface area contributed by atoms with Crippen molar-refractivity contribution >= 4 is 22.8 Å². The maximum Gasteiger partial charge on any atom is 0.255 e. The van der Waals surface area contributed by atoms with Gasteiger partial charge in [-0.25, -0.2) is 9.97 Å². The van der Waals surface area contributed by atoms with Crippen molar-refractivity contribution in [3.8, 4) is 28.5 Å². The second-order valence-corrected chi connectivity index (χ2v) is 9.60. The first kappa shape index (κ1) is 23.5. The van der Waals surface area contributed by atoms with Gasteiger partial charge in [0.15, 0.2) is 11.5 Å². The van der Waals surface area contributed by atoms with Crippen molar-refractivity contribution < 1.29 is 34.0 Å². The van der Waals surface area contributed by atoms with Crippen LogP contribution in [0.2, 0.25) is 0 Å². The molecule has 4 N–H and O–H groups in total. The van der Waals surface area contributed by atoms with E-state index in [0.29, 0.717) is 63.3 Å². The fourth-order valence-electron chi connectivity index (χ4n) is 4.85. The van der Waals surface area contributed by atoms with Crippen LogP contribution in [0.4, 0.5) is 0 Å². The Kier molecular flexibility index (Phi) is 5.84. The summed E-state index contributed by atoms with van der Waals surface area (Å²) in [5.41, 5.74) is 2.95. The Morgan fingerprint density at radius 2 is 2.08 bits per heavy atom. The Morgan fingerprint density at radius 1 is 1.24 bits per heavy atom. The lowest BCUT2D eigenvalue weighted by atomic mass is 10.1. The van der Waals surface area contributed by atoms with Gasteiger partial charge in [0.2, 0.25) is 12.7 Å². The lowest BCUT2D eigenvalue weighted by Gasteiger charge is -2.16. The molecule has 2 aromatic heterocycles. The number of nitrogens with one attached hydrogen (secondary N) is 2. The zero-order chi connectivity index (χ0) is 25.7. The molecule has 3 aromatic rings. The van der Waals surface area contributed by atoms with E-state index in [1.807, 2.05) is 12.1 Å². The van der Waals surface area contributed by atoms with E-state index in [1.54, 1.807) is 6.92 Å². The highest BCUT2D eigenvalue weighted by molar-refractivity contribution is 6.09. The molecular weight excluding hydrogens is 482 g/mol. The molecule has 2 aliphatic heterocycles. The zero-order valence-electron chi connectivity index (χ0n) is 20.2. The van der Waals surface area contributed by atoms with Gasteiger partial charge in [0.1, 0.15) is 29.9 Å². The first-order valence-electron chi connectivity index (χ1n) is 12.2. The van der Waals surface area contributed by atoms with Crippen LogP contribution in [-0.2, 0) is 4.79 Å². The average molecular weight is 510 g/mol. The number of fused-ring (bicyclic) bond motifs is 2. The standard InChI is InChI=1S/C25H27N5O7/c1-12-19(25(34)29-14-6-30(7-15(14)32)18(33)8-31)21-23(28-12)22(27-10-26-21)20-16(35-9-13-2-3-13)4-5-17-24(20)37-11-36-17/h4-5,10,13-15,28,31-32H,2-3,6-9,11H2,1H3,(H,29,34)/t14-,15-/m1/s1. The van der Waals surface area contributed by atoms with Crippen LogP contribution in [-0.4, -0.2) is 87.1 Å². The molecular formula is C25H27N5O7. The molecule has 6 rings (SSSR count). The van der Waals surface area contributed by atoms with Gasteiger partial charge in [-0.15, -0.1) is 0 Å².